The zero-order valence-corrected chi connectivity index (χ0v) is 11.7. The standard InChI is InChI=1S/C16H17FN2O2/c1-11-10-12(17)6-7-13(11)16(20)19-8-9-21-15-5-3-2-4-14(15)18/h2-7,10H,8-9,18H2,1H3,(H,19,20). The van der Waals surface area contributed by atoms with Crippen molar-refractivity contribution in [2.75, 3.05) is 18.9 Å². The van der Waals surface area contributed by atoms with Crippen molar-refractivity contribution in [2.24, 2.45) is 0 Å². The third-order valence-corrected chi connectivity index (χ3v) is 3.00. The lowest BCUT2D eigenvalue weighted by atomic mass is 10.1. The number of para-hydroxylation sites is 2. The van der Waals surface area contributed by atoms with Gasteiger partial charge >= 0.3 is 0 Å². The summed E-state index contributed by atoms with van der Waals surface area (Å²) in [4.78, 5) is 11.9. The van der Waals surface area contributed by atoms with Gasteiger partial charge in [0.25, 0.3) is 5.91 Å². The number of amides is 1. The van der Waals surface area contributed by atoms with E-state index in [0.717, 1.165) is 0 Å². The Balaban J connectivity index is 1.83. The van der Waals surface area contributed by atoms with E-state index in [-0.39, 0.29) is 11.7 Å². The molecule has 0 aliphatic carbocycles. The third kappa shape index (κ3) is 3.95. The Labute approximate surface area is 122 Å². The summed E-state index contributed by atoms with van der Waals surface area (Å²) >= 11 is 0. The predicted molar refractivity (Wildman–Crippen MR) is 79.8 cm³/mol. The molecule has 21 heavy (non-hydrogen) atoms. The van der Waals surface area contributed by atoms with Crippen LogP contribution in [0.4, 0.5) is 10.1 Å². The Morgan fingerprint density at radius 2 is 2.05 bits per heavy atom. The molecule has 0 unspecified atom stereocenters. The van der Waals surface area contributed by atoms with Crippen LogP contribution >= 0.6 is 0 Å². The smallest absolute Gasteiger partial charge is 0.251 e. The SMILES string of the molecule is Cc1cc(F)ccc1C(=O)NCCOc1ccccc1N. The molecule has 0 atom stereocenters. The monoisotopic (exact) mass is 288 g/mol. The molecule has 2 aromatic rings. The molecule has 1 amide bonds. The first-order chi connectivity index (χ1) is 10.1. The molecular weight excluding hydrogens is 271 g/mol. The Hall–Kier alpha value is -2.56. The maximum atomic E-state index is 13.0. The van der Waals surface area contributed by atoms with Crippen molar-refractivity contribution in [1.29, 1.82) is 0 Å². The summed E-state index contributed by atoms with van der Waals surface area (Å²) in [5, 5.41) is 2.72. The molecule has 0 aliphatic heterocycles. The normalized spacial score (nSPS) is 10.2. The highest BCUT2D eigenvalue weighted by Gasteiger charge is 2.09. The number of nitrogen functional groups attached to an aromatic ring is 1. The van der Waals surface area contributed by atoms with Gasteiger partial charge in [-0.1, -0.05) is 12.1 Å². The van der Waals surface area contributed by atoms with Crippen LogP contribution in [0.15, 0.2) is 42.5 Å². The van der Waals surface area contributed by atoms with Crippen LogP contribution in [0.1, 0.15) is 15.9 Å². The van der Waals surface area contributed by atoms with E-state index in [1.165, 1.54) is 18.2 Å². The van der Waals surface area contributed by atoms with E-state index >= 15 is 0 Å². The number of rotatable bonds is 5. The van der Waals surface area contributed by atoms with Gasteiger partial charge in [-0.25, -0.2) is 4.39 Å². The number of nitrogens with one attached hydrogen (secondary N) is 1. The number of carbonyl (C=O) groups excluding carboxylic acids is 1. The molecule has 0 radical (unpaired) electrons. The predicted octanol–water partition coefficient (Wildman–Crippen LogP) is 2.53. The molecule has 0 spiro atoms. The highest BCUT2D eigenvalue weighted by molar-refractivity contribution is 5.95. The Morgan fingerprint density at radius 1 is 1.29 bits per heavy atom. The van der Waals surface area contributed by atoms with Crippen LogP contribution in [0.3, 0.4) is 0 Å². The zero-order chi connectivity index (χ0) is 15.2. The number of benzene rings is 2. The molecule has 5 heteroatoms. The number of anilines is 1. The molecule has 0 heterocycles. The van der Waals surface area contributed by atoms with E-state index in [2.05, 4.69) is 5.32 Å². The van der Waals surface area contributed by atoms with Gasteiger partial charge in [-0.3, -0.25) is 4.79 Å². The minimum absolute atomic E-state index is 0.253. The minimum atomic E-state index is -0.355. The van der Waals surface area contributed by atoms with Gasteiger partial charge in [-0.15, -0.1) is 0 Å². The van der Waals surface area contributed by atoms with Crippen molar-refractivity contribution in [3.05, 3.63) is 59.4 Å². The van der Waals surface area contributed by atoms with Gasteiger partial charge in [0.15, 0.2) is 0 Å². The highest BCUT2D eigenvalue weighted by Crippen LogP contribution is 2.19. The van der Waals surface area contributed by atoms with Crippen molar-refractivity contribution in [3.63, 3.8) is 0 Å². The molecule has 0 aromatic heterocycles. The first-order valence-corrected chi connectivity index (χ1v) is 6.59. The molecule has 0 fully saturated rings. The molecule has 0 aliphatic rings. The molecule has 0 saturated carbocycles. The zero-order valence-electron chi connectivity index (χ0n) is 11.7. The van der Waals surface area contributed by atoms with Gasteiger partial charge in [0.1, 0.15) is 18.2 Å². The lowest BCUT2D eigenvalue weighted by Gasteiger charge is -2.10. The first kappa shape index (κ1) is 14.8. The van der Waals surface area contributed by atoms with E-state index in [4.69, 9.17) is 10.5 Å². The van der Waals surface area contributed by atoms with Crippen molar-refractivity contribution in [2.45, 2.75) is 6.92 Å². The average Bonchev–Trinajstić information content (AvgIpc) is 2.45. The average molecular weight is 288 g/mol. The summed E-state index contributed by atoms with van der Waals surface area (Å²) in [5.74, 6) is -0.0196. The number of nitrogens with two attached hydrogens (primary N) is 1. The van der Waals surface area contributed by atoms with Crippen LogP contribution in [0.5, 0.6) is 5.75 Å². The van der Waals surface area contributed by atoms with Gasteiger partial charge in [-0.05, 0) is 42.8 Å². The quantitative estimate of drug-likeness (QED) is 0.656. The topological polar surface area (TPSA) is 64.3 Å². The summed E-state index contributed by atoms with van der Waals surface area (Å²) < 4.78 is 18.5. The number of halogens is 1. The van der Waals surface area contributed by atoms with Crippen LogP contribution in [-0.2, 0) is 0 Å². The maximum absolute atomic E-state index is 13.0. The van der Waals surface area contributed by atoms with Crippen LogP contribution in [0.2, 0.25) is 0 Å². The lowest BCUT2D eigenvalue weighted by molar-refractivity contribution is 0.0946. The third-order valence-electron chi connectivity index (χ3n) is 3.00. The Kier molecular flexibility index (Phi) is 4.77. The Morgan fingerprint density at radius 3 is 2.76 bits per heavy atom. The van der Waals surface area contributed by atoms with E-state index in [1.807, 2.05) is 12.1 Å². The summed E-state index contributed by atoms with van der Waals surface area (Å²) in [6.45, 7) is 2.34. The van der Waals surface area contributed by atoms with Crippen LogP contribution in [0, 0.1) is 12.7 Å². The molecule has 0 saturated heterocycles. The second kappa shape index (κ2) is 6.74. The number of ether oxygens (including phenoxy) is 1. The van der Waals surface area contributed by atoms with Crippen molar-refractivity contribution >= 4 is 11.6 Å². The van der Waals surface area contributed by atoms with E-state index in [0.29, 0.717) is 35.7 Å². The molecule has 4 nitrogen and oxygen atoms in total. The number of hydrogen-bond donors (Lipinski definition) is 2. The van der Waals surface area contributed by atoms with Crippen molar-refractivity contribution in [3.8, 4) is 5.75 Å². The van der Waals surface area contributed by atoms with E-state index < -0.39 is 0 Å². The largest absolute Gasteiger partial charge is 0.490 e. The molecule has 2 aromatic carbocycles. The summed E-state index contributed by atoms with van der Waals surface area (Å²) in [6, 6.07) is 11.2. The van der Waals surface area contributed by atoms with Gasteiger partial charge in [0, 0.05) is 5.56 Å². The molecular formula is C16H17FN2O2. The molecule has 110 valence electrons. The maximum Gasteiger partial charge on any atom is 0.251 e. The summed E-state index contributed by atoms with van der Waals surface area (Å²) in [5.41, 5.74) is 7.35. The van der Waals surface area contributed by atoms with E-state index in [1.54, 1.807) is 19.1 Å². The highest BCUT2D eigenvalue weighted by atomic mass is 19.1. The van der Waals surface area contributed by atoms with Crippen LogP contribution in [0.25, 0.3) is 0 Å². The van der Waals surface area contributed by atoms with Gasteiger partial charge < -0.3 is 15.8 Å². The van der Waals surface area contributed by atoms with Gasteiger partial charge in [0.05, 0.1) is 12.2 Å². The van der Waals surface area contributed by atoms with Gasteiger partial charge in [0.2, 0.25) is 0 Å². The summed E-state index contributed by atoms with van der Waals surface area (Å²) in [6.07, 6.45) is 0. The van der Waals surface area contributed by atoms with E-state index in [9.17, 15) is 9.18 Å². The number of hydrogen-bond acceptors (Lipinski definition) is 3. The number of carbonyl (C=O) groups is 1. The fourth-order valence-corrected chi connectivity index (χ4v) is 1.91. The summed E-state index contributed by atoms with van der Waals surface area (Å²) in [7, 11) is 0. The second-order valence-corrected chi connectivity index (χ2v) is 4.60. The molecule has 2 rings (SSSR count). The molecule has 3 N–H and O–H groups in total. The van der Waals surface area contributed by atoms with Crippen molar-refractivity contribution < 1.29 is 13.9 Å². The second-order valence-electron chi connectivity index (χ2n) is 4.60. The fourth-order valence-electron chi connectivity index (χ4n) is 1.91. The fraction of sp³-hybridized carbons (Fsp3) is 0.188. The lowest BCUT2D eigenvalue weighted by Crippen LogP contribution is -2.28. The molecule has 0 bridgehead atoms. The first-order valence-electron chi connectivity index (χ1n) is 6.59. The number of aryl methyl sites for hydroxylation is 1. The minimum Gasteiger partial charge on any atom is -0.490 e. The Bertz CT molecular complexity index is 644. The van der Waals surface area contributed by atoms with Crippen LogP contribution < -0.4 is 15.8 Å². The van der Waals surface area contributed by atoms with Crippen LogP contribution in [-0.4, -0.2) is 19.1 Å². The van der Waals surface area contributed by atoms with Gasteiger partial charge in [-0.2, -0.15) is 0 Å². The van der Waals surface area contributed by atoms with Crippen molar-refractivity contribution in [1.82, 2.24) is 5.32 Å².